The first-order valence-electron chi connectivity index (χ1n) is 4.95. The van der Waals surface area contributed by atoms with Gasteiger partial charge in [0.15, 0.2) is 0 Å². The van der Waals surface area contributed by atoms with Gasteiger partial charge in [-0.15, -0.1) is 0 Å². The van der Waals surface area contributed by atoms with E-state index in [1.165, 1.54) is 6.42 Å². The summed E-state index contributed by atoms with van der Waals surface area (Å²) in [7, 11) is 0. The van der Waals surface area contributed by atoms with Gasteiger partial charge in [0, 0.05) is 26.1 Å². The molecule has 1 aliphatic carbocycles. The average molecular weight is 168 g/mol. The Kier molecular flexibility index (Phi) is 2.45. The van der Waals surface area contributed by atoms with Crippen LogP contribution in [-0.4, -0.2) is 19.0 Å². The normalized spacial score (nSPS) is 32.7. The van der Waals surface area contributed by atoms with E-state index in [4.69, 9.17) is 4.74 Å². The van der Waals surface area contributed by atoms with Crippen molar-refractivity contribution in [3.8, 4) is 0 Å². The highest BCUT2D eigenvalue weighted by atomic mass is 16.5. The van der Waals surface area contributed by atoms with Crippen LogP contribution in [0.5, 0.6) is 0 Å². The smallest absolute Gasteiger partial charge is 0.132 e. The summed E-state index contributed by atoms with van der Waals surface area (Å²) < 4.78 is 5.35. The first-order chi connectivity index (χ1) is 5.86. The van der Waals surface area contributed by atoms with Gasteiger partial charge in [-0.05, 0) is 31.1 Å². The summed E-state index contributed by atoms with van der Waals surface area (Å²) in [6.45, 7) is 1.88. The molecule has 2 heteroatoms. The van der Waals surface area contributed by atoms with Crippen LogP contribution >= 0.6 is 0 Å². The lowest BCUT2D eigenvalue weighted by Gasteiger charge is -2.25. The zero-order valence-corrected chi connectivity index (χ0v) is 7.42. The minimum Gasteiger partial charge on any atom is -0.381 e. The quantitative estimate of drug-likeness (QED) is 0.596. The van der Waals surface area contributed by atoms with E-state index in [1.54, 1.807) is 0 Å². The Morgan fingerprint density at radius 2 is 1.83 bits per heavy atom. The van der Waals surface area contributed by atoms with Crippen molar-refractivity contribution in [3.63, 3.8) is 0 Å². The second-order valence-corrected chi connectivity index (χ2v) is 4.00. The van der Waals surface area contributed by atoms with E-state index in [2.05, 4.69) is 0 Å². The number of ketones is 1. The topological polar surface area (TPSA) is 26.3 Å². The van der Waals surface area contributed by atoms with Crippen LogP contribution in [0.4, 0.5) is 0 Å². The van der Waals surface area contributed by atoms with Crippen molar-refractivity contribution in [2.24, 2.45) is 11.8 Å². The first kappa shape index (κ1) is 8.24. The molecule has 0 radical (unpaired) electrons. The maximum atomic E-state index is 11.0. The summed E-state index contributed by atoms with van der Waals surface area (Å²) in [5.41, 5.74) is 0. The summed E-state index contributed by atoms with van der Waals surface area (Å²) >= 11 is 0. The molecule has 0 aromatic rings. The Labute approximate surface area is 73.3 Å². The highest BCUT2D eigenvalue weighted by molar-refractivity contribution is 5.79. The van der Waals surface area contributed by atoms with Crippen molar-refractivity contribution >= 4 is 5.78 Å². The molecule has 0 aromatic carbocycles. The molecule has 2 nitrogen and oxygen atoms in total. The maximum Gasteiger partial charge on any atom is 0.132 e. The average Bonchev–Trinajstić information content (AvgIpc) is 2.58. The van der Waals surface area contributed by atoms with Crippen molar-refractivity contribution in [1.82, 2.24) is 0 Å². The fourth-order valence-corrected chi connectivity index (χ4v) is 2.36. The van der Waals surface area contributed by atoms with Crippen LogP contribution in [0.25, 0.3) is 0 Å². The van der Waals surface area contributed by atoms with E-state index in [9.17, 15) is 4.79 Å². The van der Waals surface area contributed by atoms with Gasteiger partial charge in [0.2, 0.25) is 0 Å². The maximum absolute atomic E-state index is 11.0. The van der Waals surface area contributed by atoms with Crippen LogP contribution in [0.15, 0.2) is 0 Å². The first-order valence-corrected chi connectivity index (χ1v) is 4.95. The Balaban J connectivity index is 1.84. The van der Waals surface area contributed by atoms with Crippen molar-refractivity contribution in [1.29, 1.82) is 0 Å². The molecule has 0 spiro atoms. The molecule has 1 saturated heterocycles. The van der Waals surface area contributed by atoms with E-state index >= 15 is 0 Å². The van der Waals surface area contributed by atoms with Gasteiger partial charge < -0.3 is 4.74 Å². The van der Waals surface area contributed by atoms with Crippen LogP contribution in [0.3, 0.4) is 0 Å². The van der Waals surface area contributed by atoms with Gasteiger partial charge in [-0.3, -0.25) is 4.79 Å². The predicted octanol–water partition coefficient (Wildman–Crippen LogP) is 1.78. The minimum absolute atomic E-state index is 0.463. The third kappa shape index (κ3) is 1.69. The monoisotopic (exact) mass is 168 g/mol. The number of ether oxygens (including phenoxy) is 1. The summed E-state index contributed by atoms with van der Waals surface area (Å²) in [5, 5.41) is 0. The summed E-state index contributed by atoms with van der Waals surface area (Å²) in [4.78, 5) is 11.0. The standard InChI is InChI=1S/C10H16O2/c11-10-3-1-8(2-4-10)9-5-6-12-7-9/h8-9H,1-7H2. The van der Waals surface area contributed by atoms with Crippen LogP contribution in [-0.2, 0) is 9.53 Å². The van der Waals surface area contributed by atoms with E-state index in [1.807, 2.05) is 0 Å². The molecule has 1 atom stereocenters. The summed E-state index contributed by atoms with van der Waals surface area (Å²) in [5.74, 6) is 2.01. The Bertz CT molecular complexity index is 161. The van der Waals surface area contributed by atoms with Crippen molar-refractivity contribution in [2.75, 3.05) is 13.2 Å². The Hall–Kier alpha value is -0.370. The van der Waals surface area contributed by atoms with Gasteiger partial charge in [-0.25, -0.2) is 0 Å². The Morgan fingerprint density at radius 3 is 2.42 bits per heavy atom. The van der Waals surface area contributed by atoms with Gasteiger partial charge in [0.05, 0.1) is 0 Å². The molecule has 0 N–H and O–H groups in total. The molecule has 2 aliphatic rings. The fraction of sp³-hybridized carbons (Fsp3) is 0.900. The molecule has 1 unspecified atom stereocenters. The van der Waals surface area contributed by atoms with Crippen molar-refractivity contribution < 1.29 is 9.53 Å². The molecule has 1 aliphatic heterocycles. The number of rotatable bonds is 1. The summed E-state index contributed by atoms with van der Waals surface area (Å²) in [6, 6.07) is 0. The molecule has 0 aromatic heterocycles. The lowest BCUT2D eigenvalue weighted by molar-refractivity contribution is -0.121. The number of carbonyl (C=O) groups excluding carboxylic acids is 1. The fourth-order valence-electron chi connectivity index (χ4n) is 2.36. The van der Waals surface area contributed by atoms with Gasteiger partial charge in [-0.1, -0.05) is 0 Å². The lowest BCUT2D eigenvalue weighted by atomic mass is 9.79. The summed E-state index contributed by atoms with van der Waals surface area (Å²) in [6.07, 6.45) is 5.10. The Morgan fingerprint density at radius 1 is 1.08 bits per heavy atom. The zero-order valence-electron chi connectivity index (χ0n) is 7.42. The molecule has 68 valence electrons. The number of carbonyl (C=O) groups is 1. The largest absolute Gasteiger partial charge is 0.381 e. The van der Waals surface area contributed by atoms with Crippen LogP contribution in [0.2, 0.25) is 0 Å². The van der Waals surface area contributed by atoms with E-state index in [0.717, 1.165) is 50.7 Å². The molecular weight excluding hydrogens is 152 g/mol. The molecule has 2 fully saturated rings. The van der Waals surface area contributed by atoms with E-state index in [-0.39, 0.29) is 0 Å². The molecular formula is C10H16O2. The highest BCUT2D eigenvalue weighted by Gasteiger charge is 2.28. The van der Waals surface area contributed by atoms with Crippen LogP contribution in [0, 0.1) is 11.8 Å². The number of Topliss-reactive ketones (excluding diaryl/α,β-unsaturated/α-hetero) is 1. The SMILES string of the molecule is O=C1CCC(C2CCOC2)CC1. The van der Waals surface area contributed by atoms with E-state index < -0.39 is 0 Å². The molecule has 1 heterocycles. The third-order valence-corrected chi connectivity index (χ3v) is 3.22. The molecule has 12 heavy (non-hydrogen) atoms. The van der Waals surface area contributed by atoms with Gasteiger partial charge in [0.25, 0.3) is 0 Å². The van der Waals surface area contributed by atoms with E-state index in [0.29, 0.717) is 5.78 Å². The third-order valence-electron chi connectivity index (χ3n) is 3.22. The molecule has 0 bridgehead atoms. The second kappa shape index (κ2) is 3.56. The predicted molar refractivity (Wildman–Crippen MR) is 45.9 cm³/mol. The number of hydrogen-bond acceptors (Lipinski definition) is 2. The lowest BCUT2D eigenvalue weighted by Crippen LogP contribution is -2.21. The van der Waals surface area contributed by atoms with Crippen LogP contribution < -0.4 is 0 Å². The molecule has 1 saturated carbocycles. The number of hydrogen-bond donors (Lipinski definition) is 0. The van der Waals surface area contributed by atoms with Gasteiger partial charge in [0.1, 0.15) is 5.78 Å². The van der Waals surface area contributed by atoms with Crippen molar-refractivity contribution in [2.45, 2.75) is 32.1 Å². The molecule has 0 amide bonds. The van der Waals surface area contributed by atoms with Gasteiger partial charge >= 0.3 is 0 Å². The van der Waals surface area contributed by atoms with Gasteiger partial charge in [-0.2, -0.15) is 0 Å². The van der Waals surface area contributed by atoms with Crippen LogP contribution in [0.1, 0.15) is 32.1 Å². The molecule has 2 rings (SSSR count). The zero-order chi connectivity index (χ0) is 8.39. The highest BCUT2D eigenvalue weighted by Crippen LogP contribution is 2.32. The minimum atomic E-state index is 0.463. The van der Waals surface area contributed by atoms with Crippen molar-refractivity contribution in [3.05, 3.63) is 0 Å². The second-order valence-electron chi connectivity index (χ2n) is 4.00.